The molecule has 1 unspecified atom stereocenters. The lowest BCUT2D eigenvalue weighted by molar-refractivity contribution is 0.656. The zero-order valence-corrected chi connectivity index (χ0v) is 12.3. The molecule has 0 aromatic heterocycles. The second-order valence-corrected chi connectivity index (χ2v) is 6.41. The third kappa shape index (κ3) is 4.16. The smallest absolute Gasteiger partial charge is 0.0349 e. The number of hydrogen-bond donors (Lipinski definition) is 1. The number of rotatable bonds is 4. The van der Waals surface area contributed by atoms with Crippen LogP contribution >= 0.6 is 27.7 Å². The van der Waals surface area contributed by atoms with Crippen LogP contribution in [0.1, 0.15) is 25.7 Å². The summed E-state index contributed by atoms with van der Waals surface area (Å²) in [6.45, 7) is 0. The minimum atomic E-state index is 0.222. The van der Waals surface area contributed by atoms with Crippen molar-refractivity contribution >= 4 is 27.7 Å². The van der Waals surface area contributed by atoms with Gasteiger partial charge in [0.25, 0.3) is 0 Å². The van der Waals surface area contributed by atoms with E-state index >= 15 is 0 Å². The van der Waals surface area contributed by atoms with Crippen LogP contribution in [0.2, 0.25) is 0 Å². The molecular formula is C14H18BrNS. The molecule has 0 saturated carbocycles. The molecule has 0 amide bonds. The lowest BCUT2D eigenvalue weighted by Crippen LogP contribution is -2.26. The molecule has 0 aliphatic heterocycles. The van der Waals surface area contributed by atoms with E-state index in [9.17, 15) is 0 Å². The van der Waals surface area contributed by atoms with Crippen molar-refractivity contribution in [1.82, 2.24) is 0 Å². The fraction of sp³-hybridized carbons (Fsp3) is 0.429. The first-order chi connectivity index (χ1) is 8.25. The third-order valence-corrected chi connectivity index (χ3v) is 4.63. The van der Waals surface area contributed by atoms with Gasteiger partial charge in [-0.05, 0) is 43.9 Å². The number of allylic oxidation sites excluding steroid dienone is 1. The second kappa shape index (κ2) is 6.62. The number of hydrogen-bond acceptors (Lipinski definition) is 2. The molecule has 0 bridgehead atoms. The average molecular weight is 312 g/mol. The van der Waals surface area contributed by atoms with Crippen molar-refractivity contribution in [2.75, 3.05) is 5.75 Å². The fourth-order valence-corrected chi connectivity index (χ4v) is 3.57. The predicted molar refractivity (Wildman–Crippen MR) is 79.4 cm³/mol. The zero-order chi connectivity index (χ0) is 12.1. The van der Waals surface area contributed by atoms with Crippen LogP contribution in [0, 0.1) is 0 Å². The van der Waals surface area contributed by atoms with E-state index in [1.54, 1.807) is 0 Å². The molecule has 0 fully saturated rings. The third-order valence-electron chi connectivity index (χ3n) is 3.03. The summed E-state index contributed by atoms with van der Waals surface area (Å²) in [5.74, 6) is 0.974. The maximum Gasteiger partial charge on any atom is 0.0349 e. The number of halogens is 1. The molecule has 0 radical (unpaired) electrons. The Hall–Kier alpha value is -0.250. The molecule has 0 saturated heterocycles. The SMILES string of the molecule is NC(CSc1cccc(Br)c1)C1=CCCCC1. The molecule has 3 heteroatoms. The molecule has 1 aliphatic carbocycles. The number of thioether (sulfide) groups is 1. The molecule has 1 aliphatic rings. The Morgan fingerprint density at radius 3 is 2.94 bits per heavy atom. The molecule has 1 atom stereocenters. The molecule has 17 heavy (non-hydrogen) atoms. The first-order valence-electron chi connectivity index (χ1n) is 6.08. The van der Waals surface area contributed by atoms with Crippen LogP contribution in [0.5, 0.6) is 0 Å². The normalized spacial score (nSPS) is 17.6. The van der Waals surface area contributed by atoms with Gasteiger partial charge in [0.15, 0.2) is 0 Å². The fourth-order valence-electron chi connectivity index (χ4n) is 2.05. The van der Waals surface area contributed by atoms with Crippen molar-refractivity contribution in [1.29, 1.82) is 0 Å². The van der Waals surface area contributed by atoms with Crippen LogP contribution in [-0.4, -0.2) is 11.8 Å². The Bertz CT molecular complexity index is 403. The molecule has 2 N–H and O–H groups in total. The molecular weight excluding hydrogens is 294 g/mol. The average Bonchev–Trinajstić information content (AvgIpc) is 2.37. The summed E-state index contributed by atoms with van der Waals surface area (Å²) >= 11 is 5.33. The van der Waals surface area contributed by atoms with Crippen LogP contribution in [0.4, 0.5) is 0 Å². The highest BCUT2D eigenvalue weighted by Gasteiger charge is 2.12. The second-order valence-electron chi connectivity index (χ2n) is 4.40. The summed E-state index contributed by atoms with van der Waals surface area (Å²) < 4.78 is 1.13. The number of benzene rings is 1. The summed E-state index contributed by atoms with van der Waals surface area (Å²) in [6.07, 6.45) is 7.39. The van der Waals surface area contributed by atoms with Crippen molar-refractivity contribution in [2.45, 2.75) is 36.6 Å². The predicted octanol–water partition coefficient (Wildman–Crippen LogP) is 4.37. The molecule has 2 rings (SSSR count). The molecule has 0 spiro atoms. The standard InChI is InChI=1S/C14H18BrNS/c15-12-7-4-8-13(9-12)17-10-14(16)11-5-2-1-3-6-11/h4-5,7-9,14H,1-3,6,10,16H2. The van der Waals surface area contributed by atoms with Gasteiger partial charge in [-0.25, -0.2) is 0 Å². The van der Waals surface area contributed by atoms with E-state index in [2.05, 4.69) is 40.2 Å². The zero-order valence-electron chi connectivity index (χ0n) is 9.86. The maximum atomic E-state index is 6.23. The van der Waals surface area contributed by atoms with Crippen molar-refractivity contribution in [3.05, 3.63) is 40.4 Å². The lowest BCUT2D eigenvalue weighted by atomic mass is 9.95. The Morgan fingerprint density at radius 1 is 1.35 bits per heavy atom. The minimum Gasteiger partial charge on any atom is -0.324 e. The van der Waals surface area contributed by atoms with Crippen molar-refractivity contribution in [2.24, 2.45) is 5.73 Å². The van der Waals surface area contributed by atoms with E-state index in [0.29, 0.717) is 0 Å². The maximum absolute atomic E-state index is 6.23. The van der Waals surface area contributed by atoms with Gasteiger partial charge in [-0.15, -0.1) is 11.8 Å². The van der Waals surface area contributed by atoms with Gasteiger partial charge in [0, 0.05) is 21.2 Å². The summed E-state index contributed by atoms with van der Waals surface area (Å²) in [5.41, 5.74) is 7.69. The van der Waals surface area contributed by atoms with E-state index in [4.69, 9.17) is 5.73 Å². The number of nitrogens with two attached hydrogens (primary N) is 1. The van der Waals surface area contributed by atoms with Gasteiger partial charge >= 0.3 is 0 Å². The molecule has 1 nitrogen and oxygen atoms in total. The molecule has 1 aromatic rings. The Kier molecular flexibility index (Phi) is 5.14. The quantitative estimate of drug-likeness (QED) is 0.660. The minimum absolute atomic E-state index is 0.222. The van der Waals surface area contributed by atoms with Crippen LogP contribution in [-0.2, 0) is 0 Å². The van der Waals surface area contributed by atoms with Crippen LogP contribution in [0.15, 0.2) is 45.3 Å². The highest BCUT2D eigenvalue weighted by molar-refractivity contribution is 9.10. The van der Waals surface area contributed by atoms with Crippen LogP contribution < -0.4 is 5.73 Å². The van der Waals surface area contributed by atoms with E-state index in [0.717, 1.165) is 10.2 Å². The van der Waals surface area contributed by atoms with Crippen LogP contribution in [0.25, 0.3) is 0 Å². The summed E-state index contributed by atoms with van der Waals surface area (Å²) in [6, 6.07) is 8.62. The largest absolute Gasteiger partial charge is 0.324 e. The Balaban J connectivity index is 1.87. The summed E-state index contributed by atoms with van der Waals surface area (Å²) in [4.78, 5) is 1.28. The first kappa shape index (κ1) is 13.2. The van der Waals surface area contributed by atoms with E-state index in [-0.39, 0.29) is 6.04 Å². The monoisotopic (exact) mass is 311 g/mol. The van der Waals surface area contributed by atoms with Gasteiger partial charge in [0.05, 0.1) is 0 Å². The van der Waals surface area contributed by atoms with Gasteiger partial charge in [-0.2, -0.15) is 0 Å². The first-order valence-corrected chi connectivity index (χ1v) is 7.86. The highest BCUT2D eigenvalue weighted by atomic mass is 79.9. The Labute approximate surface area is 116 Å². The van der Waals surface area contributed by atoms with E-state index in [1.165, 1.54) is 36.2 Å². The van der Waals surface area contributed by atoms with Crippen LogP contribution in [0.3, 0.4) is 0 Å². The Morgan fingerprint density at radius 2 is 2.24 bits per heavy atom. The van der Waals surface area contributed by atoms with E-state index in [1.807, 2.05) is 17.8 Å². The lowest BCUT2D eigenvalue weighted by Gasteiger charge is -2.19. The molecule has 92 valence electrons. The van der Waals surface area contributed by atoms with Gasteiger partial charge in [-0.3, -0.25) is 0 Å². The molecule has 0 heterocycles. The van der Waals surface area contributed by atoms with Crippen molar-refractivity contribution in [3.8, 4) is 0 Å². The van der Waals surface area contributed by atoms with Crippen molar-refractivity contribution < 1.29 is 0 Å². The van der Waals surface area contributed by atoms with E-state index < -0.39 is 0 Å². The summed E-state index contributed by atoms with van der Waals surface area (Å²) in [7, 11) is 0. The van der Waals surface area contributed by atoms with Gasteiger partial charge in [-0.1, -0.05) is 33.6 Å². The molecule has 1 aromatic carbocycles. The highest BCUT2D eigenvalue weighted by Crippen LogP contribution is 2.26. The van der Waals surface area contributed by atoms with Crippen molar-refractivity contribution in [3.63, 3.8) is 0 Å². The topological polar surface area (TPSA) is 26.0 Å². The van der Waals surface area contributed by atoms with Gasteiger partial charge < -0.3 is 5.73 Å². The summed E-state index contributed by atoms with van der Waals surface area (Å²) in [5, 5.41) is 0. The van der Waals surface area contributed by atoms with Gasteiger partial charge in [0.1, 0.15) is 0 Å². The van der Waals surface area contributed by atoms with Gasteiger partial charge in [0.2, 0.25) is 0 Å².